The third-order valence-corrected chi connectivity index (χ3v) is 4.70. The molecule has 9 heteroatoms. The molecule has 0 N–H and O–H groups in total. The summed E-state index contributed by atoms with van der Waals surface area (Å²) < 4.78 is 47.5. The molecular formula is C11H9BrClF2NO3S. The van der Waals surface area contributed by atoms with Crippen molar-refractivity contribution < 1.29 is 21.5 Å². The molecule has 1 aliphatic rings. The molecule has 1 amide bonds. The second-order valence-corrected chi connectivity index (χ2v) is 7.17. The van der Waals surface area contributed by atoms with Gasteiger partial charge in [0.25, 0.3) is 0 Å². The maximum atomic E-state index is 13.5. The van der Waals surface area contributed by atoms with Crippen molar-refractivity contribution in [2.45, 2.75) is 6.42 Å². The number of halogens is 4. The lowest BCUT2D eigenvalue weighted by atomic mass is 10.1. The highest BCUT2D eigenvalue weighted by Gasteiger charge is 2.34. The van der Waals surface area contributed by atoms with E-state index in [1.807, 2.05) is 0 Å². The van der Waals surface area contributed by atoms with Gasteiger partial charge in [0.05, 0.1) is 20.9 Å². The highest BCUT2D eigenvalue weighted by Crippen LogP contribution is 2.35. The topological polar surface area (TPSA) is 54.5 Å². The van der Waals surface area contributed by atoms with E-state index in [9.17, 15) is 21.5 Å². The van der Waals surface area contributed by atoms with Gasteiger partial charge in [-0.2, -0.15) is 8.42 Å². The highest BCUT2D eigenvalue weighted by atomic mass is 79.9. The molecule has 1 heterocycles. The number of amides is 1. The summed E-state index contributed by atoms with van der Waals surface area (Å²) in [5.74, 6) is -2.41. The number of anilines is 1. The summed E-state index contributed by atoms with van der Waals surface area (Å²) in [7, 11) is -4.66. The van der Waals surface area contributed by atoms with Crippen LogP contribution < -0.4 is 4.90 Å². The van der Waals surface area contributed by atoms with Crippen molar-refractivity contribution in [1.29, 1.82) is 0 Å². The molecule has 2 rings (SSSR count). The maximum absolute atomic E-state index is 13.5. The second kappa shape index (κ2) is 5.57. The van der Waals surface area contributed by atoms with Crippen LogP contribution in [0, 0.1) is 11.7 Å². The number of benzene rings is 1. The molecule has 4 nitrogen and oxygen atoms in total. The lowest BCUT2D eigenvalue weighted by molar-refractivity contribution is -0.117. The summed E-state index contributed by atoms with van der Waals surface area (Å²) in [4.78, 5) is 13.0. The second-order valence-electron chi connectivity index (χ2n) is 4.50. The summed E-state index contributed by atoms with van der Waals surface area (Å²) in [6, 6.07) is 2.38. The Morgan fingerprint density at radius 3 is 2.70 bits per heavy atom. The van der Waals surface area contributed by atoms with E-state index in [0.29, 0.717) is 0 Å². The standard InChI is InChI=1S/C11H9BrClF2NO3S/c12-7-2-8(13)10(3-9(7)14)16-4-6(1-11(16)17)5-20(15,18)19/h2-3,6H,1,4-5H2. The summed E-state index contributed by atoms with van der Waals surface area (Å²) in [6.45, 7) is -0.0111. The Bertz CT molecular complexity index is 668. The van der Waals surface area contributed by atoms with Crippen LogP contribution in [0.15, 0.2) is 16.6 Å². The molecule has 0 aromatic heterocycles. The van der Waals surface area contributed by atoms with Crippen LogP contribution in [0.25, 0.3) is 0 Å². The Kier molecular flexibility index (Phi) is 4.36. The van der Waals surface area contributed by atoms with Crippen LogP contribution in [-0.2, 0) is 15.0 Å². The first-order chi connectivity index (χ1) is 9.17. The molecule has 0 bridgehead atoms. The Balaban J connectivity index is 2.26. The van der Waals surface area contributed by atoms with E-state index in [2.05, 4.69) is 15.9 Å². The Morgan fingerprint density at radius 2 is 2.10 bits per heavy atom. The van der Waals surface area contributed by atoms with Gasteiger partial charge < -0.3 is 4.90 Å². The predicted molar refractivity (Wildman–Crippen MR) is 74.5 cm³/mol. The first-order valence-electron chi connectivity index (χ1n) is 5.54. The van der Waals surface area contributed by atoms with Crippen molar-refractivity contribution in [3.05, 3.63) is 27.4 Å². The third kappa shape index (κ3) is 3.48. The van der Waals surface area contributed by atoms with Crippen molar-refractivity contribution in [2.75, 3.05) is 17.2 Å². The fraction of sp³-hybridized carbons (Fsp3) is 0.364. The third-order valence-electron chi connectivity index (χ3n) is 2.92. The zero-order chi connectivity index (χ0) is 15.1. The van der Waals surface area contributed by atoms with Gasteiger partial charge in [-0.05, 0) is 22.0 Å². The van der Waals surface area contributed by atoms with E-state index in [-0.39, 0.29) is 28.1 Å². The van der Waals surface area contributed by atoms with Crippen LogP contribution >= 0.6 is 27.5 Å². The van der Waals surface area contributed by atoms with E-state index in [1.165, 1.54) is 11.0 Å². The molecule has 1 aromatic rings. The zero-order valence-electron chi connectivity index (χ0n) is 9.95. The molecule has 0 aliphatic carbocycles. The minimum Gasteiger partial charge on any atom is -0.310 e. The van der Waals surface area contributed by atoms with Crippen LogP contribution in [0.5, 0.6) is 0 Å². The van der Waals surface area contributed by atoms with Crippen molar-refractivity contribution >= 4 is 49.3 Å². The van der Waals surface area contributed by atoms with Crippen LogP contribution in [0.2, 0.25) is 5.02 Å². The van der Waals surface area contributed by atoms with Gasteiger partial charge in [-0.25, -0.2) is 4.39 Å². The fourth-order valence-electron chi connectivity index (χ4n) is 2.13. The first-order valence-corrected chi connectivity index (χ1v) is 8.27. The molecule has 1 fully saturated rings. The van der Waals surface area contributed by atoms with Crippen molar-refractivity contribution in [1.82, 2.24) is 0 Å². The number of hydrogen-bond acceptors (Lipinski definition) is 3. The zero-order valence-corrected chi connectivity index (χ0v) is 13.1. The van der Waals surface area contributed by atoms with Gasteiger partial charge in [-0.1, -0.05) is 11.6 Å². The lowest BCUT2D eigenvalue weighted by Gasteiger charge is -2.18. The average Bonchev–Trinajstić information content (AvgIpc) is 2.62. The molecule has 0 radical (unpaired) electrons. The van der Waals surface area contributed by atoms with Crippen LogP contribution in [-0.4, -0.2) is 26.6 Å². The van der Waals surface area contributed by atoms with Gasteiger partial charge in [0, 0.05) is 24.9 Å². The highest BCUT2D eigenvalue weighted by molar-refractivity contribution is 9.10. The van der Waals surface area contributed by atoms with E-state index in [4.69, 9.17) is 11.6 Å². The number of nitrogens with zero attached hydrogens (tertiary/aromatic N) is 1. The molecule has 20 heavy (non-hydrogen) atoms. The monoisotopic (exact) mass is 387 g/mol. The molecular weight excluding hydrogens is 380 g/mol. The number of carbonyl (C=O) groups excluding carboxylic acids is 1. The smallest absolute Gasteiger partial charge is 0.302 e. The molecule has 1 aromatic carbocycles. The average molecular weight is 389 g/mol. The quantitative estimate of drug-likeness (QED) is 0.591. The number of carbonyl (C=O) groups is 1. The van der Waals surface area contributed by atoms with E-state index < -0.39 is 33.6 Å². The molecule has 1 unspecified atom stereocenters. The summed E-state index contributed by atoms with van der Waals surface area (Å²) in [5.41, 5.74) is 0.149. The van der Waals surface area contributed by atoms with Gasteiger partial charge in [-0.15, -0.1) is 3.89 Å². The SMILES string of the molecule is O=C1CC(CS(=O)(=O)F)CN1c1cc(F)c(Br)cc1Cl. The van der Waals surface area contributed by atoms with E-state index >= 15 is 0 Å². The molecule has 1 aliphatic heterocycles. The van der Waals surface area contributed by atoms with Gasteiger partial charge >= 0.3 is 10.2 Å². The van der Waals surface area contributed by atoms with Crippen LogP contribution in [0.1, 0.15) is 6.42 Å². The van der Waals surface area contributed by atoms with Gasteiger partial charge in [0.15, 0.2) is 0 Å². The van der Waals surface area contributed by atoms with Gasteiger partial charge in [0.1, 0.15) is 5.82 Å². The first kappa shape index (κ1) is 15.7. The van der Waals surface area contributed by atoms with Crippen LogP contribution in [0.4, 0.5) is 14.0 Å². The van der Waals surface area contributed by atoms with Crippen LogP contribution in [0.3, 0.4) is 0 Å². The maximum Gasteiger partial charge on any atom is 0.302 e. The summed E-state index contributed by atoms with van der Waals surface area (Å²) >= 11 is 8.91. The van der Waals surface area contributed by atoms with E-state index in [1.54, 1.807) is 0 Å². The molecule has 1 saturated heterocycles. The molecule has 1 atom stereocenters. The fourth-order valence-corrected chi connectivity index (χ4v) is 3.65. The Hall–Kier alpha value is -0.730. The predicted octanol–water partition coefficient (Wildman–Crippen LogP) is 2.89. The largest absolute Gasteiger partial charge is 0.310 e. The Morgan fingerprint density at radius 1 is 1.45 bits per heavy atom. The number of rotatable bonds is 3. The van der Waals surface area contributed by atoms with E-state index in [0.717, 1.165) is 6.07 Å². The van der Waals surface area contributed by atoms with Crippen molar-refractivity contribution in [3.63, 3.8) is 0 Å². The molecule has 0 spiro atoms. The normalized spacial score (nSPS) is 19.7. The molecule has 110 valence electrons. The molecule has 0 saturated carbocycles. The van der Waals surface area contributed by atoms with Gasteiger partial charge in [-0.3, -0.25) is 4.79 Å². The lowest BCUT2D eigenvalue weighted by Crippen LogP contribution is -2.25. The minimum absolute atomic E-state index is 0.0111. The summed E-state index contributed by atoms with van der Waals surface area (Å²) in [5, 5.41) is 0.149. The van der Waals surface area contributed by atoms with Crippen molar-refractivity contribution in [2.24, 2.45) is 5.92 Å². The summed E-state index contributed by atoms with van der Waals surface area (Å²) in [6.07, 6.45) is -0.114. The number of hydrogen-bond donors (Lipinski definition) is 0. The Labute approximate surface area is 128 Å². The van der Waals surface area contributed by atoms with Gasteiger partial charge in [0.2, 0.25) is 5.91 Å². The minimum atomic E-state index is -4.66. The van der Waals surface area contributed by atoms with Crippen molar-refractivity contribution in [3.8, 4) is 0 Å².